The van der Waals surface area contributed by atoms with E-state index in [1.165, 1.54) is 0 Å². The van der Waals surface area contributed by atoms with E-state index >= 15 is 0 Å². The lowest BCUT2D eigenvalue weighted by atomic mass is 10.1. The van der Waals surface area contributed by atoms with Crippen LogP contribution in [0.15, 0.2) is 36.4 Å². The van der Waals surface area contributed by atoms with E-state index in [2.05, 4.69) is 0 Å². The number of carboxylic acid groups (broad SMARTS) is 1. The van der Waals surface area contributed by atoms with Gasteiger partial charge in [0.15, 0.2) is 0 Å². The van der Waals surface area contributed by atoms with Crippen molar-refractivity contribution in [1.29, 1.82) is 0 Å². The molecule has 0 saturated heterocycles. The second-order valence-corrected chi connectivity index (χ2v) is 4.77. The maximum atomic E-state index is 13.7. The molecule has 0 atom stereocenters. The van der Waals surface area contributed by atoms with Gasteiger partial charge in [-0.2, -0.15) is 13.2 Å². The lowest BCUT2D eigenvalue weighted by Crippen LogP contribution is -2.16. The van der Waals surface area contributed by atoms with Gasteiger partial charge >= 0.3 is 12.3 Å². The molecule has 0 aliphatic carbocycles. The number of benzene rings is 2. The molecule has 5 nitrogen and oxygen atoms in total. The Hall–Kier alpha value is -3.17. The van der Waals surface area contributed by atoms with Crippen LogP contribution in [-0.2, 0) is 6.18 Å². The highest BCUT2D eigenvalue weighted by molar-refractivity contribution is 6.04. The summed E-state index contributed by atoms with van der Waals surface area (Å²) in [7, 11) is 0. The summed E-state index contributed by atoms with van der Waals surface area (Å²) >= 11 is 0. The van der Waals surface area contributed by atoms with Crippen LogP contribution in [0.5, 0.6) is 0 Å². The fourth-order valence-corrected chi connectivity index (χ4v) is 1.90. The SMILES string of the molecule is O=C(O)Nc1ccc(F)c(NC(=O)c2ccc(F)c(C(F)(F)F)c2)c1. The molecule has 0 radical (unpaired) electrons. The smallest absolute Gasteiger partial charge is 0.419 e. The predicted molar refractivity (Wildman–Crippen MR) is 77.4 cm³/mol. The molecule has 0 fully saturated rings. The highest BCUT2D eigenvalue weighted by Crippen LogP contribution is 2.32. The number of anilines is 2. The molecule has 132 valence electrons. The summed E-state index contributed by atoms with van der Waals surface area (Å²) in [4.78, 5) is 22.5. The van der Waals surface area contributed by atoms with E-state index < -0.39 is 46.6 Å². The molecule has 0 aliphatic rings. The number of amides is 2. The Morgan fingerprint density at radius 2 is 1.56 bits per heavy atom. The van der Waals surface area contributed by atoms with Crippen molar-refractivity contribution >= 4 is 23.4 Å². The summed E-state index contributed by atoms with van der Waals surface area (Å²) in [6.45, 7) is 0. The largest absolute Gasteiger partial charge is 0.465 e. The Morgan fingerprint density at radius 1 is 0.920 bits per heavy atom. The number of nitrogens with one attached hydrogen (secondary N) is 2. The Labute approximate surface area is 137 Å². The zero-order valence-electron chi connectivity index (χ0n) is 12.1. The van der Waals surface area contributed by atoms with Crippen molar-refractivity contribution in [3.05, 3.63) is 59.2 Å². The first-order chi connectivity index (χ1) is 11.6. The second-order valence-electron chi connectivity index (χ2n) is 4.77. The molecule has 0 saturated carbocycles. The van der Waals surface area contributed by atoms with E-state index in [4.69, 9.17) is 5.11 Å². The van der Waals surface area contributed by atoms with Gasteiger partial charge in [-0.3, -0.25) is 10.1 Å². The molecule has 2 aromatic rings. The normalized spacial score (nSPS) is 11.1. The van der Waals surface area contributed by atoms with Crippen molar-refractivity contribution < 1.29 is 36.6 Å². The van der Waals surface area contributed by atoms with Crippen LogP contribution in [0.25, 0.3) is 0 Å². The first-order valence-electron chi connectivity index (χ1n) is 6.55. The average molecular weight is 360 g/mol. The van der Waals surface area contributed by atoms with Gasteiger partial charge < -0.3 is 10.4 Å². The van der Waals surface area contributed by atoms with E-state index in [9.17, 15) is 31.5 Å². The summed E-state index contributed by atoms with van der Waals surface area (Å²) in [6, 6.07) is 4.44. The lowest BCUT2D eigenvalue weighted by molar-refractivity contribution is -0.140. The molecule has 0 unspecified atom stereocenters. The monoisotopic (exact) mass is 360 g/mol. The fraction of sp³-hybridized carbons (Fsp3) is 0.0667. The van der Waals surface area contributed by atoms with Gasteiger partial charge in [0.1, 0.15) is 11.6 Å². The van der Waals surface area contributed by atoms with Gasteiger partial charge in [-0.05, 0) is 36.4 Å². The summed E-state index contributed by atoms with van der Waals surface area (Å²) in [5.74, 6) is -3.62. The van der Waals surface area contributed by atoms with Crippen molar-refractivity contribution in [2.45, 2.75) is 6.18 Å². The number of rotatable bonds is 3. The second kappa shape index (κ2) is 6.75. The quantitative estimate of drug-likeness (QED) is 0.713. The predicted octanol–water partition coefficient (Wildman–Crippen LogP) is 4.33. The van der Waals surface area contributed by atoms with E-state index in [-0.39, 0.29) is 5.69 Å². The summed E-state index contributed by atoms with van der Waals surface area (Å²) in [6.07, 6.45) is -6.44. The molecule has 10 heteroatoms. The van der Waals surface area contributed by atoms with Crippen molar-refractivity contribution in [3.8, 4) is 0 Å². The fourth-order valence-electron chi connectivity index (χ4n) is 1.90. The van der Waals surface area contributed by atoms with Crippen molar-refractivity contribution in [2.75, 3.05) is 10.6 Å². The van der Waals surface area contributed by atoms with Crippen molar-refractivity contribution in [3.63, 3.8) is 0 Å². The van der Waals surface area contributed by atoms with E-state index in [1.807, 2.05) is 10.6 Å². The Bertz CT molecular complexity index is 836. The van der Waals surface area contributed by atoms with Crippen molar-refractivity contribution in [2.24, 2.45) is 0 Å². The van der Waals surface area contributed by atoms with Crippen LogP contribution >= 0.6 is 0 Å². The Morgan fingerprint density at radius 3 is 2.16 bits per heavy atom. The number of alkyl halides is 3. The zero-order chi connectivity index (χ0) is 18.8. The van der Waals surface area contributed by atoms with Crippen LogP contribution < -0.4 is 10.6 Å². The van der Waals surface area contributed by atoms with E-state index in [0.29, 0.717) is 12.1 Å². The van der Waals surface area contributed by atoms with Crippen LogP contribution in [0.3, 0.4) is 0 Å². The van der Waals surface area contributed by atoms with E-state index in [1.54, 1.807) is 0 Å². The molecule has 2 aromatic carbocycles. The number of carbonyl (C=O) groups is 2. The molecule has 2 amide bonds. The molecule has 0 heterocycles. The maximum absolute atomic E-state index is 13.7. The standard InChI is InChI=1S/C15H9F5N2O3/c16-10-3-1-7(5-9(10)15(18,19)20)13(23)22-12-6-8(21-14(24)25)2-4-11(12)17/h1-6,21H,(H,22,23)(H,24,25). The van der Waals surface area contributed by atoms with Gasteiger partial charge in [-0.15, -0.1) is 0 Å². The third-order valence-corrected chi connectivity index (χ3v) is 3.00. The summed E-state index contributed by atoms with van der Waals surface area (Å²) in [5, 5.41) is 12.5. The van der Waals surface area contributed by atoms with Crippen LogP contribution in [0, 0.1) is 11.6 Å². The minimum atomic E-state index is -5.00. The lowest BCUT2D eigenvalue weighted by Gasteiger charge is -2.11. The molecule has 0 spiro atoms. The molecule has 3 N–H and O–H groups in total. The van der Waals surface area contributed by atoms with Crippen LogP contribution in [0.2, 0.25) is 0 Å². The first-order valence-corrected chi connectivity index (χ1v) is 6.55. The average Bonchev–Trinajstić information content (AvgIpc) is 2.49. The highest BCUT2D eigenvalue weighted by atomic mass is 19.4. The van der Waals surface area contributed by atoms with Gasteiger partial charge in [-0.1, -0.05) is 0 Å². The minimum Gasteiger partial charge on any atom is -0.465 e. The van der Waals surface area contributed by atoms with Gasteiger partial charge in [-0.25, -0.2) is 13.6 Å². The van der Waals surface area contributed by atoms with Gasteiger partial charge in [0, 0.05) is 11.3 Å². The van der Waals surface area contributed by atoms with Crippen LogP contribution in [0.4, 0.5) is 38.1 Å². The zero-order valence-corrected chi connectivity index (χ0v) is 12.1. The Balaban J connectivity index is 2.30. The molecule has 0 aliphatic heterocycles. The van der Waals surface area contributed by atoms with Crippen molar-refractivity contribution in [1.82, 2.24) is 0 Å². The summed E-state index contributed by atoms with van der Waals surface area (Å²) in [5.41, 5.74) is -2.72. The molecular weight excluding hydrogens is 351 g/mol. The van der Waals surface area contributed by atoms with E-state index in [0.717, 1.165) is 24.3 Å². The third kappa shape index (κ3) is 4.43. The molecule has 2 rings (SSSR count). The number of halogens is 5. The highest BCUT2D eigenvalue weighted by Gasteiger charge is 2.34. The maximum Gasteiger partial charge on any atom is 0.419 e. The molecular formula is C15H9F5N2O3. The first kappa shape index (κ1) is 18.2. The van der Waals surface area contributed by atoms with Crippen LogP contribution in [-0.4, -0.2) is 17.1 Å². The minimum absolute atomic E-state index is 0.0701. The van der Waals surface area contributed by atoms with Crippen LogP contribution in [0.1, 0.15) is 15.9 Å². The summed E-state index contributed by atoms with van der Waals surface area (Å²) < 4.78 is 64.9. The number of hydrogen-bond acceptors (Lipinski definition) is 2. The molecule has 25 heavy (non-hydrogen) atoms. The van der Waals surface area contributed by atoms with Gasteiger partial charge in [0.2, 0.25) is 0 Å². The topological polar surface area (TPSA) is 78.4 Å². The van der Waals surface area contributed by atoms with Gasteiger partial charge in [0.05, 0.1) is 11.3 Å². The third-order valence-electron chi connectivity index (χ3n) is 3.00. The van der Waals surface area contributed by atoms with Gasteiger partial charge in [0.25, 0.3) is 5.91 Å². The molecule has 0 aromatic heterocycles. The number of hydrogen-bond donors (Lipinski definition) is 3. The number of carbonyl (C=O) groups excluding carboxylic acids is 1. The molecule has 0 bridgehead atoms. The Kier molecular flexibility index (Phi) is 4.91.